The van der Waals surface area contributed by atoms with Crippen LogP contribution < -0.4 is 10.9 Å². The van der Waals surface area contributed by atoms with Crippen molar-refractivity contribution in [3.05, 3.63) is 16.6 Å². The molecule has 0 spiro atoms. The average Bonchev–Trinajstić information content (AvgIpc) is 2.79. The normalized spacial score (nSPS) is 13.8. The number of aromatic amines is 1. The summed E-state index contributed by atoms with van der Waals surface area (Å²) >= 11 is 0. The van der Waals surface area contributed by atoms with Gasteiger partial charge in [0.1, 0.15) is 5.39 Å². The SMILES string of the molecule is CC(C)CC(O)CNc1nc2c(cnn2C(C)(C)C)c(=O)[nH]1. The van der Waals surface area contributed by atoms with Crippen molar-refractivity contribution < 1.29 is 5.11 Å². The number of hydrogen-bond donors (Lipinski definition) is 3. The lowest BCUT2D eigenvalue weighted by atomic mass is 10.1. The van der Waals surface area contributed by atoms with Crippen molar-refractivity contribution in [3.63, 3.8) is 0 Å². The first-order valence-electron chi connectivity index (χ1n) is 7.59. The predicted octanol–water partition coefficient (Wildman–Crippen LogP) is 1.69. The molecule has 0 aliphatic rings. The first-order valence-corrected chi connectivity index (χ1v) is 7.59. The molecule has 2 rings (SSSR count). The van der Waals surface area contributed by atoms with Gasteiger partial charge in [-0.1, -0.05) is 13.8 Å². The van der Waals surface area contributed by atoms with E-state index in [1.165, 1.54) is 6.20 Å². The third-order valence-corrected chi connectivity index (χ3v) is 3.32. The molecule has 0 saturated carbocycles. The molecule has 0 fully saturated rings. The minimum Gasteiger partial charge on any atom is -0.391 e. The second kappa shape index (κ2) is 6.08. The van der Waals surface area contributed by atoms with Crippen molar-refractivity contribution in [1.82, 2.24) is 19.7 Å². The maximum absolute atomic E-state index is 12.1. The number of hydrogen-bond acceptors (Lipinski definition) is 5. The number of rotatable bonds is 5. The van der Waals surface area contributed by atoms with Gasteiger partial charge in [0.05, 0.1) is 17.8 Å². The third-order valence-electron chi connectivity index (χ3n) is 3.32. The third kappa shape index (κ3) is 3.65. The molecule has 7 heteroatoms. The standard InChI is InChI=1S/C15H25N5O2/c1-9(2)6-10(21)7-16-14-18-12-11(13(22)19-14)8-17-20(12)15(3,4)5/h8-10,21H,6-7H2,1-5H3,(H2,16,18,19,22). The summed E-state index contributed by atoms with van der Waals surface area (Å²) in [7, 11) is 0. The molecule has 0 aliphatic heterocycles. The van der Waals surface area contributed by atoms with E-state index < -0.39 is 6.10 Å². The molecule has 0 aliphatic carbocycles. The van der Waals surface area contributed by atoms with Crippen molar-refractivity contribution >= 4 is 17.0 Å². The Labute approximate surface area is 129 Å². The molecular weight excluding hydrogens is 282 g/mol. The molecule has 22 heavy (non-hydrogen) atoms. The van der Waals surface area contributed by atoms with Crippen LogP contribution in [-0.2, 0) is 5.54 Å². The molecular formula is C15H25N5O2. The molecule has 0 radical (unpaired) electrons. The van der Waals surface area contributed by atoms with Crippen LogP contribution >= 0.6 is 0 Å². The summed E-state index contributed by atoms with van der Waals surface area (Å²) in [4.78, 5) is 19.2. The minimum absolute atomic E-state index is 0.235. The van der Waals surface area contributed by atoms with Crippen LogP contribution in [-0.4, -0.2) is 37.5 Å². The van der Waals surface area contributed by atoms with E-state index in [2.05, 4.69) is 34.2 Å². The maximum atomic E-state index is 12.1. The Kier molecular flexibility index (Phi) is 4.55. The van der Waals surface area contributed by atoms with Crippen molar-refractivity contribution in [2.24, 2.45) is 5.92 Å². The van der Waals surface area contributed by atoms with Crippen molar-refractivity contribution in [1.29, 1.82) is 0 Å². The van der Waals surface area contributed by atoms with Crippen LogP contribution in [0.15, 0.2) is 11.0 Å². The zero-order chi connectivity index (χ0) is 16.5. The van der Waals surface area contributed by atoms with Gasteiger partial charge in [0.25, 0.3) is 5.56 Å². The van der Waals surface area contributed by atoms with E-state index >= 15 is 0 Å². The molecule has 7 nitrogen and oxygen atoms in total. The molecule has 2 heterocycles. The van der Waals surface area contributed by atoms with Gasteiger partial charge in [-0.05, 0) is 33.1 Å². The second-order valence-electron chi connectivity index (χ2n) is 7.04. The summed E-state index contributed by atoms with van der Waals surface area (Å²) in [5.41, 5.74) is 0.0372. The first-order chi connectivity index (χ1) is 10.2. The second-order valence-corrected chi connectivity index (χ2v) is 7.04. The highest BCUT2D eigenvalue weighted by Crippen LogP contribution is 2.18. The molecule has 1 unspecified atom stereocenters. The van der Waals surface area contributed by atoms with Crippen LogP contribution in [0.3, 0.4) is 0 Å². The number of aliphatic hydroxyl groups excluding tert-OH is 1. The van der Waals surface area contributed by atoms with E-state index in [-0.39, 0.29) is 11.1 Å². The van der Waals surface area contributed by atoms with E-state index in [9.17, 15) is 9.90 Å². The van der Waals surface area contributed by atoms with Gasteiger partial charge >= 0.3 is 0 Å². The van der Waals surface area contributed by atoms with Crippen molar-refractivity contribution in [3.8, 4) is 0 Å². The number of aliphatic hydroxyl groups is 1. The highest BCUT2D eigenvalue weighted by Gasteiger charge is 2.20. The van der Waals surface area contributed by atoms with E-state index in [0.717, 1.165) is 0 Å². The molecule has 122 valence electrons. The highest BCUT2D eigenvalue weighted by atomic mass is 16.3. The number of fused-ring (bicyclic) bond motifs is 1. The van der Waals surface area contributed by atoms with Gasteiger partial charge in [-0.25, -0.2) is 4.68 Å². The number of nitrogens with one attached hydrogen (secondary N) is 2. The molecule has 2 aromatic heterocycles. The van der Waals surface area contributed by atoms with E-state index in [1.54, 1.807) is 4.68 Å². The summed E-state index contributed by atoms with van der Waals surface area (Å²) in [6.07, 6.45) is 1.75. The Morgan fingerprint density at radius 2 is 2.09 bits per heavy atom. The number of anilines is 1. The fourth-order valence-corrected chi connectivity index (χ4v) is 2.34. The number of aromatic nitrogens is 4. The van der Waals surface area contributed by atoms with Crippen LogP contribution in [0.25, 0.3) is 11.0 Å². The van der Waals surface area contributed by atoms with Crippen LogP contribution in [0.2, 0.25) is 0 Å². The van der Waals surface area contributed by atoms with Crippen LogP contribution in [0.5, 0.6) is 0 Å². The number of nitrogens with zero attached hydrogens (tertiary/aromatic N) is 3. The lowest BCUT2D eigenvalue weighted by Gasteiger charge is -2.20. The van der Waals surface area contributed by atoms with Crippen molar-refractivity contribution in [2.75, 3.05) is 11.9 Å². The van der Waals surface area contributed by atoms with Crippen LogP contribution in [0, 0.1) is 5.92 Å². The zero-order valence-corrected chi connectivity index (χ0v) is 13.8. The lowest BCUT2D eigenvalue weighted by Crippen LogP contribution is -2.26. The summed E-state index contributed by atoms with van der Waals surface area (Å²) in [5.74, 6) is 0.764. The van der Waals surface area contributed by atoms with E-state index in [1.807, 2.05) is 20.8 Å². The smallest absolute Gasteiger partial charge is 0.263 e. The summed E-state index contributed by atoms with van der Waals surface area (Å²) in [6.45, 7) is 10.5. The maximum Gasteiger partial charge on any atom is 0.263 e. The first kappa shape index (κ1) is 16.5. The van der Waals surface area contributed by atoms with Crippen LogP contribution in [0.4, 0.5) is 5.95 Å². The lowest BCUT2D eigenvalue weighted by molar-refractivity contribution is 0.161. The Morgan fingerprint density at radius 3 is 2.68 bits per heavy atom. The fourth-order valence-electron chi connectivity index (χ4n) is 2.34. The van der Waals surface area contributed by atoms with Gasteiger partial charge in [0, 0.05) is 6.54 Å². The Bertz CT molecular complexity index is 696. The van der Waals surface area contributed by atoms with Gasteiger partial charge in [-0.15, -0.1) is 0 Å². The van der Waals surface area contributed by atoms with Gasteiger partial charge in [-0.3, -0.25) is 9.78 Å². The summed E-state index contributed by atoms with van der Waals surface area (Å²) < 4.78 is 1.73. The Hall–Kier alpha value is -1.89. The molecule has 2 aromatic rings. The average molecular weight is 307 g/mol. The van der Waals surface area contributed by atoms with Crippen molar-refractivity contribution in [2.45, 2.75) is 52.7 Å². The Morgan fingerprint density at radius 1 is 1.41 bits per heavy atom. The minimum atomic E-state index is -0.478. The van der Waals surface area contributed by atoms with Gasteiger partial charge in [0.15, 0.2) is 5.65 Å². The van der Waals surface area contributed by atoms with E-state index in [0.29, 0.717) is 35.9 Å². The molecule has 3 N–H and O–H groups in total. The highest BCUT2D eigenvalue weighted by molar-refractivity contribution is 5.74. The molecule has 0 aromatic carbocycles. The summed E-state index contributed by atoms with van der Waals surface area (Å²) in [6, 6.07) is 0. The predicted molar refractivity (Wildman–Crippen MR) is 87.1 cm³/mol. The van der Waals surface area contributed by atoms with Crippen LogP contribution in [0.1, 0.15) is 41.0 Å². The van der Waals surface area contributed by atoms with Gasteiger partial charge in [0.2, 0.25) is 5.95 Å². The van der Waals surface area contributed by atoms with E-state index in [4.69, 9.17) is 0 Å². The Balaban J connectivity index is 2.27. The molecule has 0 amide bonds. The molecule has 0 saturated heterocycles. The van der Waals surface area contributed by atoms with Gasteiger partial charge < -0.3 is 10.4 Å². The largest absolute Gasteiger partial charge is 0.391 e. The van der Waals surface area contributed by atoms with Gasteiger partial charge in [-0.2, -0.15) is 10.1 Å². The quantitative estimate of drug-likeness (QED) is 0.781. The monoisotopic (exact) mass is 307 g/mol. The fraction of sp³-hybridized carbons (Fsp3) is 0.667. The molecule has 1 atom stereocenters. The molecule has 0 bridgehead atoms. The number of H-pyrrole nitrogens is 1. The summed E-state index contributed by atoms with van der Waals surface area (Å²) in [5, 5.41) is 17.6. The zero-order valence-electron chi connectivity index (χ0n) is 13.8. The topological polar surface area (TPSA) is 95.8 Å².